The highest BCUT2D eigenvalue weighted by Crippen LogP contribution is 2.26. The molecule has 0 bridgehead atoms. The quantitative estimate of drug-likeness (QED) is 0.859. The second-order valence-corrected chi connectivity index (χ2v) is 4.64. The summed E-state index contributed by atoms with van der Waals surface area (Å²) >= 11 is 5.06. The monoisotopic (exact) mass is 272 g/mol. The van der Waals surface area contributed by atoms with Crippen molar-refractivity contribution in [3.05, 3.63) is 23.0 Å². The number of nitrogens with zero attached hydrogens (tertiary/aromatic N) is 1. The summed E-state index contributed by atoms with van der Waals surface area (Å²) in [5.41, 5.74) is 1.30. The molecular weight excluding hydrogens is 258 g/mol. The van der Waals surface area contributed by atoms with Crippen LogP contribution < -0.4 is 4.74 Å². The molecular formula is C12H14F2N2OS. The van der Waals surface area contributed by atoms with Crippen LogP contribution in [0.15, 0.2) is 18.2 Å². The summed E-state index contributed by atoms with van der Waals surface area (Å²) in [6.07, 6.45) is -2.43. The van der Waals surface area contributed by atoms with Crippen LogP contribution >= 0.6 is 12.2 Å². The van der Waals surface area contributed by atoms with E-state index in [0.717, 1.165) is 0 Å². The molecule has 0 unspecified atom stereocenters. The smallest absolute Gasteiger partial charge is 0.256 e. The standard InChI is InChI=1S/C12H14F2N2OS/c1-7(2)17-9-5-3-4-8-11(9)15-12(18)16(8)6-10(13)14/h3-5,7,10H,6H2,1-2H3,(H,15,18). The number of hydrogen-bond donors (Lipinski definition) is 1. The molecule has 0 atom stereocenters. The zero-order valence-corrected chi connectivity index (χ0v) is 10.9. The summed E-state index contributed by atoms with van der Waals surface area (Å²) in [5.74, 6) is 0.626. The highest BCUT2D eigenvalue weighted by Gasteiger charge is 2.13. The van der Waals surface area contributed by atoms with Crippen molar-refractivity contribution < 1.29 is 13.5 Å². The van der Waals surface area contributed by atoms with Gasteiger partial charge in [0.15, 0.2) is 4.77 Å². The van der Waals surface area contributed by atoms with E-state index in [0.29, 0.717) is 16.8 Å². The van der Waals surface area contributed by atoms with Crippen LogP contribution in [0.4, 0.5) is 8.78 Å². The molecule has 1 heterocycles. The second-order valence-electron chi connectivity index (χ2n) is 4.25. The zero-order chi connectivity index (χ0) is 13.3. The molecule has 0 saturated heterocycles. The van der Waals surface area contributed by atoms with Crippen molar-refractivity contribution in [3.63, 3.8) is 0 Å². The number of nitrogens with one attached hydrogen (secondary N) is 1. The number of fused-ring (bicyclic) bond motifs is 1. The number of aromatic amines is 1. The van der Waals surface area contributed by atoms with Gasteiger partial charge in [-0.1, -0.05) is 6.07 Å². The first-order chi connectivity index (χ1) is 8.49. The lowest BCUT2D eigenvalue weighted by molar-refractivity contribution is 0.127. The third-order valence-corrected chi connectivity index (χ3v) is 2.78. The van der Waals surface area contributed by atoms with Crippen LogP contribution in [0.1, 0.15) is 13.8 Å². The summed E-state index contributed by atoms with van der Waals surface area (Å²) in [5, 5.41) is 0. The molecule has 3 nitrogen and oxygen atoms in total. The van der Waals surface area contributed by atoms with Crippen molar-refractivity contribution in [1.82, 2.24) is 9.55 Å². The minimum absolute atomic E-state index is 0.0102. The number of alkyl halides is 2. The van der Waals surface area contributed by atoms with Gasteiger partial charge in [-0.15, -0.1) is 0 Å². The molecule has 1 aromatic carbocycles. The zero-order valence-electron chi connectivity index (χ0n) is 10.1. The number of para-hydroxylation sites is 1. The van der Waals surface area contributed by atoms with Crippen molar-refractivity contribution in [3.8, 4) is 5.75 Å². The molecule has 0 saturated carbocycles. The Morgan fingerprint density at radius 1 is 1.39 bits per heavy atom. The van der Waals surface area contributed by atoms with Gasteiger partial charge >= 0.3 is 0 Å². The van der Waals surface area contributed by atoms with Gasteiger partial charge in [0.05, 0.1) is 18.2 Å². The number of imidazole rings is 1. The fourth-order valence-electron chi connectivity index (χ4n) is 1.83. The highest BCUT2D eigenvalue weighted by molar-refractivity contribution is 7.71. The summed E-state index contributed by atoms with van der Waals surface area (Å²) in [6, 6.07) is 5.31. The molecule has 0 amide bonds. The van der Waals surface area contributed by atoms with Crippen molar-refractivity contribution in [2.24, 2.45) is 0 Å². The molecule has 98 valence electrons. The van der Waals surface area contributed by atoms with E-state index >= 15 is 0 Å². The lowest BCUT2D eigenvalue weighted by Crippen LogP contribution is -2.07. The van der Waals surface area contributed by atoms with Gasteiger partial charge in [0, 0.05) is 0 Å². The summed E-state index contributed by atoms with van der Waals surface area (Å²) in [4.78, 5) is 2.93. The lowest BCUT2D eigenvalue weighted by Gasteiger charge is -2.10. The Balaban J connectivity index is 2.56. The summed E-state index contributed by atoms with van der Waals surface area (Å²) < 4.78 is 32.3. The molecule has 1 N–H and O–H groups in total. The largest absolute Gasteiger partial charge is 0.489 e. The molecule has 1 aromatic heterocycles. The average Bonchev–Trinajstić information content (AvgIpc) is 2.56. The maximum atomic E-state index is 12.5. The fraction of sp³-hybridized carbons (Fsp3) is 0.417. The average molecular weight is 272 g/mol. The van der Waals surface area contributed by atoms with Crippen LogP contribution in [0.3, 0.4) is 0 Å². The van der Waals surface area contributed by atoms with Gasteiger partial charge in [0.1, 0.15) is 11.3 Å². The minimum Gasteiger partial charge on any atom is -0.489 e. The Hall–Kier alpha value is -1.43. The molecule has 0 fully saturated rings. The first-order valence-corrected chi connectivity index (χ1v) is 6.06. The van der Waals surface area contributed by atoms with E-state index in [4.69, 9.17) is 17.0 Å². The molecule has 0 radical (unpaired) electrons. The van der Waals surface area contributed by atoms with Crippen LogP contribution in [-0.4, -0.2) is 22.1 Å². The third kappa shape index (κ3) is 2.53. The topological polar surface area (TPSA) is 29.9 Å². The molecule has 18 heavy (non-hydrogen) atoms. The number of rotatable bonds is 4. The Morgan fingerprint density at radius 3 is 2.72 bits per heavy atom. The van der Waals surface area contributed by atoms with Crippen LogP contribution in [0.5, 0.6) is 5.75 Å². The number of ether oxygens (including phenoxy) is 1. The van der Waals surface area contributed by atoms with Gasteiger partial charge in [-0.2, -0.15) is 0 Å². The summed E-state index contributed by atoms with van der Waals surface area (Å²) in [6.45, 7) is 3.40. The number of halogens is 2. The molecule has 0 spiro atoms. The van der Waals surface area contributed by atoms with Crippen LogP contribution in [0, 0.1) is 4.77 Å². The Bertz CT molecular complexity index is 604. The molecule has 0 aliphatic rings. The second kappa shape index (κ2) is 5.06. The maximum absolute atomic E-state index is 12.5. The molecule has 2 aromatic rings. The van der Waals surface area contributed by atoms with Crippen molar-refractivity contribution in [1.29, 1.82) is 0 Å². The number of aromatic nitrogens is 2. The first-order valence-electron chi connectivity index (χ1n) is 5.65. The van der Waals surface area contributed by atoms with Gasteiger partial charge in [0.25, 0.3) is 6.43 Å². The van der Waals surface area contributed by atoms with Crippen LogP contribution in [0.25, 0.3) is 11.0 Å². The molecule has 6 heteroatoms. The number of hydrogen-bond acceptors (Lipinski definition) is 2. The van der Waals surface area contributed by atoms with Gasteiger partial charge in [-0.25, -0.2) is 8.78 Å². The van der Waals surface area contributed by atoms with Crippen molar-refractivity contribution in [2.75, 3.05) is 0 Å². The first kappa shape index (κ1) is 13.0. The number of benzene rings is 1. The van der Waals surface area contributed by atoms with Crippen LogP contribution in [0.2, 0.25) is 0 Å². The summed E-state index contributed by atoms with van der Waals surface area (Å²) in [7, 11) is 0. The predicted molar refractivity (Wildman–Crippen MR) is 68.9 cm³/mol. The Kier molecular flexibility index (Phi) is 3.65. The van der Waals surface area contributed by atoms with E-state index < -0.39 is 13.0 Å². The van der Waals surface area contributed by atoms with E-state index in [1.54, 1.807) is 18.2 Å². The van der Waals surface area contributed by atoms with Crippen molar-refractivity contribution in [2.45, 2.75) is 32.9 Å². The van der Waals surface area contributed by atoms with E-state index in [1.165, 1.54) is 4.57 Å². The maximum Gasteiger partial charge on any atom is 0.256 e. The van der Waals surface area contributed by atoms with Gasteiger partial charge < -0.3 is 14.3 Å². The lowest BCUT2D eigenvalue weighted by atomic mass is 10.3. The van der Waals surface area contributed by atoms with Gasteiger partial charge in [-0.3, -0.25) is 0 Å². The molecule has 0 aliphatic heterocycles. The predicted octanol–water partition coefficient (Wildman–Crippen LogP) is 3.75. The normalized spacial score (nSPS) is 11.7. The van der Waals surface area contributed by atoms with Crippen LogP contribution in [-0.2, 0) is 6.54 Å². The Morgan fingerprint density at radius 2 is 2.11 bits per heavy atom. The third-order valence-electron chi connectivity index (χ3n) is 2.46. The van der Waals surface area contributed by atoms with Gasteiger partial charge in [-0.05, 0) is 38.2 Å². The van der Waals surface area contributed by atoms with E-state index in [2.05, 4.69) is 4.98 Å². The minimum atomic E-state index is -2.44. The van der Waals surface area contributed by atoms with E-state index in [1.807, 2.05) is 13.8 Å². The highest BCUT2D eigenvalue weighted by atomic mass is 32.1. The van der Waals surface area contributed by atoms with E-state index in [-0.39, 0.29) is 10.9 Å². The SMILES string of the molecule is CC(C)Oc1cccc2c1[nH]c(=S)n2CC(F)F. The fourth-order valence-corrected chi connectivity index (χ4v) is 2.10. The molecule has 0 aliphatic carbocycles. The van der Waals surface area contributed by atoms with Gasteiger partial charge in [0.2, 0.25) is 0 Å². The Labute approximate surface area is 108 Å². The van der Waals surface area contributed by atoms with Crippen molar-refractivity contribution >= 4 is 23.3 Å². The van der Waals surface area contributed by atoms with E-state index in [9.17, 15) is 8.78 Å². The molecule has 2 rings (SSSR count). The number of H-pyrrole nitrogens is 1.